The third-order valence-corrected chi connectivity index (χ3v) is 14.4. The monoisotopic (exact) mass is 493 g/mol. The summed E-state index contributed by atoms with van der Waals surface area (Å²) in [6.45, 7) is 10.8. The van der Waals surface area contributed by atoms with Crippen molar-refractivity contribution in [3.63, 3.8) is 0 Å². The topological polar surface area (TPSA) is 73.9 Å². The van der Waals surface area contributed by atoms with Gasteiger partial charge in [0.25, 0.3) is 0 Å². The summed E-state index contributed by atoms with van der Waals surface area (Å²) in [6, 6.07) is 21.4. The van der Waals surface area contributed by atoms with Gasteiger partial charge in [-0.1, -0.05) is 91.8 Å². The minimum atomic E-state index is -2.73. The Kier molecular flexibility index (Phi) is 6.03. The van der Waals surface area contributed by atoms with E-state index < -0.39 is 20.2 Å². The van der Waals surface area contributed by atoms with Gasteiger partial charge in [0.1, 0.15) is 14.2 Å². The zero-order chi connectivity index (χ0) is 25.0. The van der Waals surface area contributed by atoms with Crippen LogP contribution in [0.5, 0.6) is 0 Å². The van der Waals surface area contributed by atoms with Crippen molar-refractivity contribution in [1.29, 1.82) is 0 Å². The number of fused-ring (bicyclic) bond motifs is 1. The summed E-state index contributed by atoms with van der Waals surface area (Å²) in [4.78, 5) is 24.9. The van der Waals surface area contributed by atoms with Crippen molar-refractivity contribution < 1.29 is 23.8 Å². The van der Waals surface area contributed by atoms with Crippen LogP contribution < -0.4 is 15.7 Å². The van der Waals surface area contributed by atoms with Crippen molar-refractivity contribution in [2.45, 2.75) is 82.3 Å². The molecule has 3 fully saturated rings. The summed E-state index contributed by atoms with van der Waals surface area (Å²) in [7, 11) is -2.73. The van der Waals surface area contributed by atoms with E-state index in [4.69, 9.17) is 14.2 Å². The minimum absolute atomic E-state index is 0.0669. The van der Waals surface area contributed by atoms with Crippen LogP contribution in [0.15, 0.2) is 60.7 Å². The van der Waals surface area contributed by atoms with Crippen LogP contribution in [0.1, 0.15) is 47.5 Å². The van der Waals surface area contributed by atoms with Crippen molar-refractivity contribution >= 4 is 30.3 Å². The summed E-state index contributed by atoms with van der Waals surface area (Å²) in [5, 5.41) is 4.89. The van der Waals surface area contributed by atoms with Gasteiger partial charge in [-0.2, -0.15) is 0 Å². The van der Waals surface area contributed by atoms with Crippen LogP contribution in [0.25, 0.3) is 0 Å². The Bertz CT molecular complexity index is 1040. The number of piperidine rings is 1. The maximum Gasteiger partial charge on any atom is 0.226 e. The fraction of sp³-hybridized carbons (Fsp3) is 0.500. The first-order valence-corrected chi connectivity index (χ1v) is 14.6. The van der Waals surface area contributed by atoms with Crippen LogP contribution in [-0.4, -0.2) is 44.2 Å². The average Bonchev–Trinajstić information content (AvgIpc) is 3.27. The number of hydrogen-bond donors (Lipinski definition) is 1. The lowest BCUT2D eigenvalue weighted by molar-refractivity contribution is -0.211. The molecule has 7 heteroatoms. The third kappa shape index (κ3) is 4.08. The van der Waals surface area contributed by atoms with E-state index in [9.17, 15) is 9.59 Å². The van der Waals surface area contributed by atoms with Crippen LogP contribution in [0.3, 0.4) is 0 Å². The molecule has 0 unspecified atom stereocenters. The van der Waals surface area contributed by atoms with Gasteiger partial charge in [-0.3, -0.25) is 14.9 Å². The van der Waals surface area contributed by atoms with E-state index in [0.717, 1.165) is 0 Å². The number of benzene rings is 2. The number of amides is 2. The van der Waals surface area contributed by atoms with E-state index in [-0.39, 0.29) is 53.4 Å². The van der Waals surface area contributed by atoms with Gasteiger partial charge in [0.2, 0.25) is 11.8 Å². The minimum Gasteiger partial charge on any atom is -0.346 e. The quantitative estimate of drug-likeness (QED) is 0.522. The molecule has 1 N–H and O–H groups in total. The molecule has 2 amide bonds. The second-order valence-electron chi connectivity index (χ2n) is 11.5. The lowest BCUT2D eigenvalue weighted by Gasteiger charge is -2.51. The predicted molar refractivity (Wildman–Crippen MR) is 136 cm³/mol. The molecule has 4 atom stereocenters. The van der Waals surface area contributed by atoms with Crippen molar-refractivity contribution in [1.82, 2.24) is 5.32 Å². The first kappa shape index (κ1) is 24.4. The first-order chi connectivity index (χ1) is 16.5. The van der Waals surface area contributed by atoms with Gasteiger partial charge < -0.3 is 14.2 Å². The number of carbonyl (C=O) groups excluding carboxylic acids is 2. The molecule has 0 aliphatic carbocycles. The van der Waals surface area contributed by atoms with E-state index in [1.54, 1.807) is 0 Å². The smallest absolute Gasteiger partial charge is 0.226 e. The summed E-state index contributed by atoms with van der Waals surface area (Å²) in [6.07, 6.45) is -0.674. The van der Waals surface area contributed by atoms with E-state index in [2.05, 4.69) is 74.6 Å². The van der Waals surface area contributed by atoms with Crippen molar-refractivity contribution in [3.05, 3.63) is 60.7 Å². The van der Waals surface area contributed by atoms with Crippen LogP contribution in [0, 0.1) is 5.92 Å². The Labute approximate surface area is 208 Å². The molecule has 0 saturated carbocycles. The number of carbonyl (C=O) groups is 2. The Morgan fingerprint density at radius 3 is 1.83 bits per heavy atom. The van der Waals surface area contributed by atoms with E-state index in [1.807, 2.05) is 26.0 Å². The number of imide groups is 1. The maximum absolute atomic E-state index is 12.4. The summed E-state index contributed by atoms with van der Waals surface area (Å²) >= 11 is 0. The number of nitrogens with one attached hydrogen (secondary N) is 1. The molecule has 0 spiro atoms. The van der Waals surface area contributed by atoms with Gasteiger partial charge in [-0.05, 0) is 18.9 Å². The number of hydrogen-bond acceptors (Lipinski definition) is 5. The van der Waals surface area contributed by atoms with Gasteiger partial charge in [0.15, 0.2) is 12.1 Å². The molecule has 3 aliphatic heterocycles. The largest absolute Gasteiger partial charge is 0.346 e. The highest BCUT2D eigenvalue weighted by Gasteiger charge is 2.67. The Morgan fingerprint density at radius 2 is 1.34 bits per heavy atom. The molecule has 3 aliphatic rings. The normalized spacial score (nSPS) is 29.2. The second kappa shape index (κ2) is 8.66. The van der Waals surface area contributed by atoms with E-state index in [1.165, 1.54) is 10.4 Å². The SMILES string of the molecule is CC1(C)O[C@H]2O[C@H](C3CC(=O)NC(=O)C3)[C@H]([Si](c3ccccc3)(c3ccccc3)C(C)(C)C)[C@H]2O1. The zero-order valence-electron chi connectivity index (χ0n) is 21.1. The third-order valence-electron chi connectivity index (χ3n) is 7.87. The molecule has 0 radical (unpaired) electrons. The Morgan fingerprint density at radius 1 is 0.829 bits per heavy atom. The summed E-state index contributed by atoms with van der Waals surface area (Å²) in [5.41, 5.74) is -0.0669. The summed E-state index contributed by atoms with van der Waals surface area (Å²) < 4.78 is 19.5. The van der Waals surface area contributed by atoms with Gasteiger partial charge in [-0.25, -0.2) is 0 Å². The molecule has 5 rings (SSSR count). The zero-order valence-corrected chi connectivity index (χ0v) is 22.1. The Hall–Kier alpha value is -2.32. The summed E-state index contributed by atoms with van der Waals surface area (Å²) in [5.74, 6) is -1.49. The maximum atomic E-state index is 12.4. The molecule has 6 nitrogen and oxygen atoms in total. The lowest BCUT2D eigenvalue weighted by atomic mass is 9.89. The van der Waals surface area contributed by atoms with Crippen molar-refractivity contribution in [3.8, 4) is 0 Å². The lowest BCUT2D eigenvalue weighted by Crippen LogP contribution is -2.70. The molecular formula is C28H35NO5Si. The average molecular weight is 494 g/mol. The molecule has 2 aromatic carbocycles. The number of rotatable bonds is 4. The van der Waals surface area contributed by atoms with Crippen LogP contribution in [-0.2, 0) is 23.8 Å². The van der Waals surface area contributed by atoms with E-state index in [0.29, 0.717) is 0 Å². The molecule has 3 heterocycles. The molecule has 186 valence electrons. The predicted octanol–water partition coefficient (Wildman–Crippen LogP) is 3.35. The first-order valence-electron chi connectivity index (χ1n) is 12.5. The van der Waals surface area contributed by atoms with Gasteiger partial charge in [0, 0.05) is 24.3 Å². The van der Waals surface area contributed by atoms with Gasteiger partial charge in [0.05, 0.1) is 6.10 Å². The Balaban J connectivity index is 1.76. The molecule has 35 heavy (non-hydrogen) atoms. The number of ether oxygens (including phenoxy) is 3. The van der Waals surface area contributed by atoms with Crippen molar-refractivity contribution in [2.24, 2.45) is 5.92 Å². The van der Waals surface area contributed by atoms with Crippen LogP contribution >= 0.6 is 0 Å². The second-order valence-corrected chi connectivity index (χ2v) is 16.5. The highest BCUT2D eigenvalue weighted by molar-refractivity contribution is 7.05. The highest BCUT2D eigenvalue weighted by Crippen LogP contribution is 2.56. The molecule has 3 saturated heterocycles. The van der Waals surface area contributed by atoms with Gasteiger partial charge in [-0.15, -0.1) is 0 Å². The fourth-order valence-corrected chi connectivity index (χ4v) is 13.6. The molecule has 2 aromatic rings. The molecule has 0 bridgehead atoms. The standard InChI is InChI=1S/C28H35NO5Si/c1-27(2,3)35(19-12-8-6-9-13-19,20-14-10-7-11-15-20)25-23(18-16-21(30)29-22(31)17-18)32-26-24(25)33-28(4,5)34-26/h6-15,18,23-26H,16-17H2,1-5H3,(H,29,30,31)/t23-,24-,25+,26-/m1/s1. The highest BCUT2D eigenvalue weighted by atomic mass is 28.3. The molecule has 0 aromatic heterocycles. The van der Waals surface area contributed by atoms with Crippen molar-refractivity contribution in [2.75, 3.05) is 0 Å². The fourth-order valence-electron chi connectivity index (χ4n) is 6.79. The molecular weight excluding hydrogens is 458 g/mol. The van der Waals surface area contributed by atoms with E-state index >= 15 is 0 Å². The van der Waals surface area contributed by atoms with Crippen LogP contribution in [0.4, 0.5) is 0 Å². The van der Waals surface area contributed by atoms with Gasteiger partial charge >= 0.3 is 0 Å². The van der Waals surface area contributed by atoms with Crippen LogP contribution in [0.2, 0.25) is 10.6 Å².